The molecular weight excluding hydrogens is 280 g/mol. The highest BCUT2D eigenvalue weighted by Gasteiger charge is 2.51. The van der Waals surface area contributed by atoms with Crippen molar-refractivity contribution >= 4 is 6.09 Å². The van der Waals surface area contributed by atoms with E-state index < -0.39 is 11.2 Å². The summed E-state index contributed by atoms with van der Waals surface area (Å²) in [6, 6.07) is 3.84. The van der Waals surface area contributed by atoms with Crippen LogP contribution in [0.4, 0.5) is 4.79 Å². The quantitative estimate of drug-likeness (QED) is 0.866. The number of fused-ring (bicyclic) bond motifs is 2. The van der Waals surface area contributed by atoms with Crippen LogP contribution < -0.4 is 0 Å². The molecule has 2 aliphatic rings. The van der Waals surface area contributed by atoms with Gasteiger partial charge in [-0.3, -0.25) is 4.98 Å². The standard InChI is InChI=1S/C17H24N2O3/c1-16(2,3)22-15(20)19-13-6-7-14(19)10-17(21,9-13)12-5-4-8-18-11-12/h4-5,8,11,13-14,21H,6-7,9-10H2,1-3H3/t13-,14+,17+. The van der Waals surface area contributed by atoms with Gasteiger partial charge in [0.05, 0.1) is 5.60 Å². The van der Waals surface area contributed by atoms with Crippen LogP contribution in [0.5, 0.6) is 0 Å². The number of aromatic nitrogens is 1. The predicted octanol–water partition coefficient (Wildman–Crippen LogP) is 2.83. The van der Waals surface area contributed by atoms with Gasteiger partial charge < -0.3 is 14.7 Å². The third kappa shape index (κ3) is 2.82. The molecule has 0 radical (unpaired) electrons. The van der Waals surface area contributed by atoms with Crippen molar-refractivity contribution in [2.45, 2.75) is 69.7 Å². The van der Waals surface area contributed by atoms with Crippen LogP contribution in [0.3, 0.4) is 0 Å². The van der Waals surface area contributed by atoms with Crippen molar-refractivity contribution in [3.8, 4) is 0 Å². The molecule has 120 valence electrons. The fourth-order valence-corrected chi connectivity index (χ4v) is 3.71. The molecule has 0 aromatic carbocycles. The minimum atomic E-state index is -0.890. The second kappa shape index (κ2) is 5.23. The minimum Gasteiger partial charge on any atom is -0.444 e. The van der Waals surface area contributed by atoms with Crippen molar-refractivity contribution in [1.29, 1.82) is 0 Å². The van der Waals surface area contributed by atoms with Gasteiger partial charge in [-0.05, 0) is 39.7 Å². The molecule has 2 aliphatic heterocycles. The van der Waals surface area contributed by atoms with Gasteiger partial charge in [-0.25, -0.2) is 4.79 Å². The van der Waals surface area contributed by atoms with Gasteiger partial charge >= 0.3 is 6.09 Å². The van der Waals surface area contributed by atoms with Crippen molar-refractivity contribution < 1.29 is 14.6 Å². The molecule has 0 spiro atoms. The first-order chi connectivity index (χ1) is 10.3. The molecule has 2 bridgehead atoms. The Morgan fingerprint density at radius 3 is 2.50 bits per heavy atom. The molecule has 1 aromatic rings. The smallest absolute Gasteiger partial charge is 0.410 e. The van der Waals surface area contributed by atoms with Crippen molar-refractivity contribution in [3.05, 3.63) is 30.1 Å². The van der Waals surface area contributed by atoms with Gasteiger partial charge in [0.25, 0.3) is 0 Å². The van der Waals surface area contributed by atoms with Crippen LogP contribution in [-0.4, -0.2) is 38.8 Å². The van der Waals surface area contributed by atoms with E-state index in [4.69, 9.17) is 4.74 Å². The lowest BCUT2D eigenvalue weighted by molar-refractivity contribution is -0.0625. The maximum absolute atomic E-state index is 12.4. The second-order valence-corrected chi connectivity index (χ2v) is 7.45. The van der Waals surface area contributed by atoms with Gasteiger partial charge in [0.1, 0.15) is 5.60 Å². The number of rotatable bonds is 1. The molecular formula is C17H24N2O3. The molecule has 5 heteroatoms. The number of carbonyl (C=O) groups excluding carboxylic acids is 1. The lowest BCUT2D eigenvalue weighted by Crippen LogP contribution is -2.53. The maximum Gasteiger partial charge on any atom is 0.410 e. The summed E-state index contributed by atoms with van der Waals surface area (Å²) >= 11 is 0. The number of hydrogen-bond donors (Lipinski definition) is 1. The summed E-state index contributed by atoms with van der Waals surface area (Å²) in [6.45, 7) is 5.63. The number of piperidine rings is 1. The van der Waals surface area contributed by atoms with Crippen LogP contribution in [0.25, 0.3) is 0 Å². The Morgan fingerprint density at radius 2 is 2.00 bits per heavy atom. The van der Waals surface area contributed by atoms with Crippen molar-refractivity contribution in [2.24, 2.45) is 0 Å². The molecule has 3 heterocycles. The Labute approximate surface area is 131 Å². The first-order valence-electron chi connectivity index (χ1n) is 7.93. The zero-order valence-electron chi connectivity index (χ0n) is 13.5. The van der Waals surface area contributed by atoms with E-state index in [2.05, 4.69) is 4.98 Å². The van der Waals surface area contributed by atoms with E-state index in [9.17, 15) is 9.90 Å². The molecule has 1 amide bonds. The minimum absolute atomic E-state index is 0.0406. The number of pyridine rings is 1. The Hall–Kier alpha value is -1.62. The molecule has 1 N–H and O–H groups in total. The molecule has 0 unspecified atom stereocenters. The molecule has 22 heavy (non-hydrogen) atoms. The normalized spacial score (nSPS) is 31.2. The van der Waals surface area contributed by atoms with E-state index in [0.717, 1.165) is 18.4 Å². The number of nitrogens with zero attached hydrogens (tertiary/aromatic N) is 2. The monoisotopic (exact) mass is 304 g/mol. The van der Waals surface area contributed by atoms with Gasteiger partial charge in [-0.2, -0.15) is 0 Å². The Balaban J connectivity index is 1.78. The Morgan fingerprint density at radius 1 is 1.36 bits per heavy atom. The van der Waals surface area contributed by atoms with Crippen LogP contribution in [0.2, 0.25) is 0 Å². The zero-order chi connectivity index (χ0) is 16.0. The summed E-state index contributed by atoms with van der Waals surface area (Å²) in [6.07, 6.45) is 6.12. The fourth-order valence-electron chi connectivity index (χ4n) is 3.71. The van der Waals surface area contributed by atoms with Gasteiger partial charge in [-0.1, -0.05) is 6.07 Å². The zero-order valence-corrected chi connectivity index (χ0v) is 13.5. The Kier molecular flexibility index (Phi) is 3.63. The third-order valence-electron chi connectivity index (χ3n) is 4.57. The summed E-state index contributed by atoms with van der Waals surface area (Å²) in [4.78, 5) is 18.4. The van der Waals surface area contributed by atoms with Crippen LogP contribution in [0.1, 0.15) is 52.0 Å². The van der Waals surface area contributed by atoms with E-state index in [0.29, 0.717) is 12.8 Å². The number of aliphatic hydroxyl groups is 1. The van der Waals surface area contributed by atoms with Crippen molar-refractivity contribution in [3.63, 3.8) is 0 Å². The van der Waals surface area contributed by atoms with Crippen LogP contribution in [-0.2, 0) is 10.3 Å². The van der Waals surface area contributed by atoms with E-state index in [1.807, 2.05) is 37.8 Å². The summed E-state index contributed by atoms with van der Waals surface area (Å²) in [5.74, 6) is 0. The third-order valence-corrected chi connectivity index (χ3v) is 4.57. The number of hydrogen-bond acceptors (Lipinski definition) is 4. The van der Waals surface area contributed by atoms with Crippen LogP contribution in [0.15, 0.2) is 24.5 Å². The summed E-state index contributed by atoms with van der Waals surface area (Å²) in [5.41, 5.74) is -0.539. The van der Waals surface area contributed by atoms with E-state index >= 15 is 0 Å². The van der Waals surface area contributed by atoms with Crippen LogP contribution in [0, 0.1) is 0 Å². The molecule has 5 nitrogen and oxygen atoms in total. The molecule has 1 aromatic heterocycles. The van der Waals surface area contributed by atoms with Gasteiger partial charge in [-0.15, -0.1) is 0 Å². The van der Waals surface area contributed by atoms with Crippen molar-refractivity contribution in [2.75, 3.05) is 0 Å². The summed E-state index contributed by atoms with van der Waals surface area (Å²) in [7, 11) is 0. The summed E-state index contributed by atoms with van der Waals surface area (Å²) < 4.78 is 5.52. The lowest BCUT2D eigenvalue weighted by Gasteiger charge is -2.44. The average Bonchev–Trinajstić information content (AvgIpc) is 2.71. The molecule has 3 atom stereocenters. The molecule has 2 saturated heterocycles. The average molecular weight is 304 g/mol. The van der Waals surface area contributed by atoms with Gasteiger partial charge in [0.2, 0.25) is 0 Å². The molecule has 0 saturated carbocycles. The summed E-state index contributed by atoms with van der Waals surface area (Å²) in [5, 5.41) is 11.0. The number of carbonyl (C=O) groups is 1. The van der Waals surface area contributed by atoms with Gasteiger partial charge in [0.15, 0.2) is 0 Å². The molecule has 3 rings (SSSR count). The van der Waals surface area contributed by atoms with E-state index in [1.54, 1.807) is 12.4 Å². The highest BCUT2D eigenvalue weighted by molar-refractivity contribution is 5.69. The fraction of sp³-hybridized carbons (Fsp3) is 0.647. The number of amides is 1. The molecule has 2 fully saturated rings. The van der Waals surface area contributed by atoms with Crippen molar-refractivity contribution in [1.82, 2.24) is 9.88 Å². The second-order valence-electron chi connectivity index (χ2n) is 7.45. The highest BCUT2D eigenvalue weighted by atomic mass is 16.6. The Bertz CT molecular complexity index is 539. The van der Waals surface area contributed by atoms with Crippen LogP contribution >= 0.6 is 0 Å². The maximum atomic E-state index is 12.4. The highest BCUT2D eigenvalue weighted by Crippen LogP contribution is 2.45. The van der Waals surface area contributed by atoms with E-state index in [-0.39, 0.29) is 18.2 Å². The lowest BCUT2D eigenvalue weighted by atomic mass is 9.81. The largest absolute Gasteiger partial charge is 0.444 e. The predicted molar refractivity (Wildman–Crippen MR) is 82.3 cm³/mol. The first-order valence-corrected chi connectivity index (χ1v) is 7.93. The first kappa shape index (κ1) is 15.3. The topological polar surface area (TPSA) is 62.7 Å². The van der Waals surface area contributed by atoms with E-state index in [1.165, 1.54) is 0 Å². The SMILES string of the molecule is CC(C)(C)OC(=O)N1[C@@H]2CC[C@H]1C[C@](O)(c1cccnc1)C2. The van der Waals surface area contributed by atoms with Gasteiger partial charge in [0, 0.05) is 42.9 Å². The number of ether oxygens (including phenoxy) is 1. The molecule has 0 aliphatic carbocycles.